The molecule has 0 aromatic carbocycles. The van der Waals surface area contributed by atoms with Crippen LogP contribution in [-0.2, 0) is 24.3 Å². The van der Waals surface area contributed by atoms with Crippen LogP contribution >= 0.6 is 24.8 Å². The van der Waals surface area contributed by atoms with Gasteiger partial charge in [0.15, 0.2) is 0 Å². The maximum Gasteiger partial charge on any atom is 0.255 e. The summed E-state index contributed by atoms with van der Waals surface area (Å²) in [6, 6.07) is 7.42. The van der Waals surface area contributed by atoms with Gasteiger partial charge in [-0.15, -0.1) is 24.8 Å². The van der Waals surface area contributed by atoms with Crippen molar-refractivity contribution in [2.75, 3.05) is 26.2 Å². The van der Waals surface area contributed by atoms with Crippen LogP contribution < -0.4 is 11.3 Å². The standard InChI is InChI=1S/C25H33N5O2.2ClH/c26-22(13-18-6-8-27-9-7-18)25(32)29-14-19-12-21(17-29)23-5-4-20(24(31)30(23)15-19)16-28-10-2-1-3-11-28;;/h4-9,19,21-22H,1-3,10-17,26H2;2*1H/t19-,21+,22+;;/m0../s1. The molecule has 2 bridgehead atoms. The van der Waals surface area contributed by atoms with E-state index in [1.807, 2.05) is 27.7 Å². The number of nitrogens with two attached hydrogens (primary N) is 1. The Morgan fingerprint density at radius 3 is 2.50 bits per heavy atom. The molecule has 1 amide bonds. The fourth-order valence-electron chi connectivity index (χ4n) is 5.74. The Balaban J connectivity index is 0.00000162. The molecule has 3 aliphatic rings. The van der Waals surface area contributed by atoms with E-state index in [2.05, 4.69) is 16.0 Å². The molecule has 2 aromatic heterocycles. The Kier molecular flexibility index (Phi) is 9.15. The van der Waals surface area contributed by atoms with E-state index < -0.39 is 6.04 Å². The van der Waals surface area contributed by atoms with Gasteiger partial charge in [0.25, 0.3) is 5.56 Å². The first-order valence-electron chi connectivity index (χ1n) is 12.0. The van der Waals surface area contributed by atoms with Crippen LogP contribution in [-0.4, -0.2) is 57.5 Å². The first kappa shape index (κ1) is 26.7. The second kappa shape index (κ2) is 11.7. The van der Waals surface area contributed by atoms with E-state index in [-0.39, 0.29) is 42.2 Å². The first-order chi connectivity index (χ1) is 15.6. The van der Waals surface area contributed by atoms with Crippen LogP contribution in [0.2, 0.25) is 0 Å². The summed E-state index contributed by atoms with van der Waals surface area (Å²) in [4.78, 5) is 34.7. The summed E-state index contributed by atoms with van der Waals surface area (Å²) in [5, 5.41) is 0. The lowest BCUT2D eigenvalue weighted by Crippen LogP contribution is -2.53. The Hall–Kier alpha value is -1.93. The van der Waals surface area contributed by atoms with E-state index in [4.69, 9.17) is 5.73 Å². The molecule has 5 heterocycles. The minimum Gasteiger partial charge on any atom is -0.340 e. The normalized spacial score (nSPS) is 22.7. The highest BCUT2D eigenvalue weighted by Crippen LogP contribution is 2.35. The molecule has 0 spiro atoms. The Bertz CT molecular complexity index is 1030. The Morgan fingerprint density at radius 2 is 1.76 bits per heavy atom. The molecule has 3 aliphatic heterocycles. The van der Waals surface area contributed by atoms with Crippen LogP contribution in [0.15, 0.2) is 41.5 Å². The van der Waals surface area contributed by atoms with Crippen molar-refractivity contribution in [3.63, 3.8) is 0 Å². The number of aromatic nitrogens is 2. The van der Waals surface area contributed by atoms with Gasteiger partial charge in [-0.1, -0.05) is 12.5 Å². The summed E-state index contributed by atoms with van der Waals surface area (Å²) in [7, 11) is 0. The molecule has 2 N–H and O–H groups in total. The molecule has 0 aliphatic carbocycles. The zero-order valence-corrected chi connectivity index (χ0v) is 21.1. The van der Waals surface area contributed by atoms with Crippen molar-refractivity contribution < 1.29 is 4.79 Å². The zero-order valence-electron chi connectivity index (χ0n) is 19.5. The fourth-order valence-corrected chi connectivity index (χ4v) is 5.74. The number of rotatable bonds is 5. The number of piperidine rings is 2. The quantitative estimate of drug-likeness (QED) is 0.672. The molecule has 2 fully saturated rings. The first-order valence-corrected chi connectivity index (χ1v) is 12.0. The largest absolute Gasteiger partial charge is 0.340 e. The third kappa shape index (κ3) is 5.65. The molecule has 2 aromatic rings. The Morgan fingerprint density at radius 1 is 1.03 bits per heavy atom. The fraction of sp³-hybridized carbons (Fsp3) is 0.560. The molecule has 0 saturated carbocycles. The number of pyridine rings is 2. The van der Waals surface area contributed by atoms with Crippen molar-refractivity contribution in [3.05, 3.63) is 63.8 Å². The molecule has 9 heteroatoms. The van der Waals surface area contributed by atoms with E-state index in [0.29, 0.717) is 32.0 Å². The minimum atomic E-state index is -0.551. The van der Waals surface area contributed by atoms with Gasteiger partial charge in [0.2, 0.25) is 5.91 Å². The van der Waals surface area contributed by atoms with Crippen LogP contribution in [0.5, 0.6) is 0 Å². The van der Waals surface area contributed by atoms with Gasteiger partial charge in [-0.2, -0.15) is 0 Å². The van der Waals surface area contributed by atoms with Gasteiger partial charge in [0, 0.05) is 55.7 Å². The van der Waals surface area contributed by atoms with E-state index in [0.717, 1.165) is 42.9 Å². The van der Waals surface area contributed by atoms with E-state index >= 15 is 0 Å². The summed E-state index contributed by atoms with van der Waals surface area (Å²) in [6.45, 7) is 4.95. The lowest BCUT2D eigenvalue weighted by atomic mass is 9.82. The van der Waals surface area contributed by atoms with Crippen LogP contribution in [0, 0.1) is 5.92 Å². The molecular formula is C25H35Cl2N5O2. The van der Waals surface area contributed by atoms with Gasteiger partial charge in [0.1, 0.15) is 0 Å². The van der Waals surface area contributed by atoms with Crippen LogP contribution in [0.1, 0.15) is 48.4 Å². The SMILES string of the molecule is Cl.Cl.N[C@H](Cc1ccncc1)C(=O)N1C[C@@H]2C[C@H](C1)c1ccc(CN3CCCCC3)c(=O)n1C2. The van der Waals surface area contributed by atoms with Gasteiger partial charge >= 0.3 is 0 Å². The molecule has 0 radical (unpaired) electrons. The molecule has 0 unspecified atom stereocenters. The third-order valence-corrected chi connectivity index (χ3v) is 7.36. The topological polar surface area (TPSA) is 84.5 Å². The van der Waals surface area contributed by atoms with Gasteiger partial charge in [-0.3, -0.25) is 19.5 Å². The van der Waals surface area contributed by atoms with Gasteiger partial charge in [-0.05, 0) is 68.5 Å². The van der Waals surface area contributed by atoms with E-state index in [1.165, 1.54) is 19.3 Å². The van der Waals surface area contributed by atoms with E-state index in [1.54, 1.807) is 12.4 Å². The van der Waals surface area contributed by atoms with Crippen LogP contribution in [0.4, 0.5) is 0 Å². The highest BCUT2D eigenvalue weighted by atomic mass is 35.5. The summed E-state index contributed by atoms with van der Waals surface area (Å²) in [6.07, 6.45) is 8.76. The second-order valence-electron chi connectivity index (χ2n) is 9.74. The monoisotopic (exact) mass is 507 g/mol. The number of carbonyl (C=O) groups excluding carboxylic acids is 1. The molecule has 5 rings (SSSR count). The van der Waals surface area contributed by atoms with Gasteiger partial charge in [0.05, 0.1) is 6.04 Å². The number of hydrogen-bond acceptors (Lipinski definition) is 5. The average molecular weight is 508 g/mol. The van der Waals surface area contributed by atoms with Gasteiger partial charge in [-0.25, -0.2) is 0 Å². The molecule has 186 valence electrons. The third-order valence-electron chi connectivity index (χ3n) is 7.36. The highest BCUT2D eigenvalue weighted by molar-refractivity contribution is 5.85. The number of amides is 1. The second-order valence-corrected chi connectivity index (χ2v) is 9.74. The number of fused-ring (bicyclic) bond motifs is 4. The van der Waals surface area contributed by atoms with Crippen LogP contribution in [0.25, 0.3) is 0 Å². The molecule has 7 nitrogen and oxygen atoms in total. The highest BCUT2D eigenvalue weighted by Gasteiger charge is 2.37. The summed E-state index contributed by atoms with van der Waals surface area (Å²) in [5.41, 5.74) is 9.46. The van der Waals surface area contributed by atoms with Crippen molar-refractivity contribution in [2.24, 2.45) is 11.7 Å². The van der Waals surface area contributed by atoms with Crippen molar-refractivity contribution in [2.45, 2.75) is 57.2 Å². The number of likely N-dealkylation sites (tertiary alicyclic amines) is 2. The van der Waals surface area contributed by atoms with Gasteiger partial charge < -0.3 is 15.2 Å². The Labute approximate surface area is 213 Å². The minimum absolute atomic E-state index is 0. The predicted octanol–water partition coefficient (Wildman–Crippen LogP) is 2.59. The molecule has 2 saturated heterocycles. The number of carbonyl (C=O) groups is 1. The number of halogens is 2. The molecule has 34 heavy (non-hydrogen) atoms. The predicted molar refractivity (Wildman–Crippen MR) is 138 cm³/mol. The average Bonchev–Trinajstić information content (AvgIpc) is 2.82. The smallest absolute Gasteiger partial charge is 0.255 e. The van der Waals surface area contributed by atoms with Crippen molar-refractivity contribution in [1.82, 2.24) is 19.4 Å². The maximum atomic E-state index is 13.3. The van der Waals surface area contributed by atoms with Crippen molar-refractivity contribution in [3.8, 4) is 0 Å². The number of nitrogens with zero attached hydrogens (tertiary/aromatic N) is 4. The lowest BCUT2D eigenvalue weighted by Gasteiger charge is -2.43. The lowest BCUT2D eigenvalue weighted by molar-refractivity contribution is -0.135. The van der Waals surface area contributed by atoms with Crippen molar-refractivity contribution >= 4 is 30.7 Å². The summed E-state index contributed by atoms with van der Waals surface area (Å²) >= 11 is 0. The van der Waals surface area contributed by atoms with E-state index in [9.17, 15) is 9.59 Å². The van der Waals surface area contributed by atoms with Crippen molar-refractivity contribution in [1.29, 1.82) is 0 Å². The maximum absolute atomic E-state index is 13.3. The summed E-state index contributed by atoms with van der Waals surface area (Å²) in [5.74, 6) is 0.520. The molecular weight excluding hydrogens is 473 g/mol. The number of hydrogen-bond donors (Lipinski definition) is 1. The zero-order chi connectivity index (χ0) is 22.1. The summed E-state index contributed by atoms with van der Waals surface area (Å²) < 4.78 is 2.00. The van der Waals surface area contributed by atoms with Crippen LogP contribution in [0.3, 0.4) is 0 Å². The molecule has 3 atom stereocenters.